The fourth-order valence-electron chi connectivity index (χ4n) is 3.51. The van der Waals surface area contributed by atoms with Crippen LogP contribution in [0.1, 0.15) is 17.2 Å². The smallest absolute Gasteiger partial charge is 0.288 e. The highest BCUT2D eigenvalue weighted by molar-refractivity contribution is 5.76. The molecule has 148 valence electrons. The molecular formula is C18H11FN8O3. The van der Waals surface area contributed by atoms with Gasteiger partial charge in [-0.3, -0.25) is 14.9 Å². The van der Waals surface area contributed by atoms with Crippen molar-refractivity contribution in [1.29, 1.82) is 0 Å². The molecule has 5 rings (SSSR count). The number of fused-ring (bicyclic) bond motifs is 2. The molecule has 0 saturated carbocycles. The Bertz CT molecular complexity index is 1370. The maximum atomic E-state index is 14.8. The topological polar surface area (TPSA) is 145 Å². The van der Waals surface area contributed by atoms with E-state index in [-0.39, 0.29) is 28.6 Å². The average Bonchev–Trinajstić information content (AvgIpc) is 3.22. The van der Waals surface area contributed by atoms with Gasteiger partial charge in [-0.2, -0.15) is 9.78 Å². The highest BCUT2D eigenvalue weighted by Crippen LogP contribution is 2.41. The minimum atomic E-state index is -0.920. The van der Waals surface area contributed by atoms with Crippen LogP contribution in [0.5, 0.6) is 0 Å². The first-order valence-electron chi connectivity index (χ1n) is 8.71. The summed E-state index contributed by atoms with van der Waals surface area (Å²) in [7, 11) is 0. The van der Waals surface area contributed by atoms with Crippen molar-refractivity contribution in [3.8, 4) is 11.3 Å². The van der Waals surface area contributed by atoms with Gasteiger partial charge in [-0.05, 0) is 16.5 Å². The number of anilines is 2. The van der Waals surface area contributed by atoms with Crippen LogP contribution in [-0.2, 0) is 0 Å². The van der Waals surface area contributed by atoms with Gasteiger partial charge in [0, 0.05) is 28.8 Å². The van der Waals surface area contributed by atoms with Crippen LogP contribution in [0.3, 0.4) is 0 Å². The van der Waals surface area contributed by atoms with Crippen LogP contribution in [0.15, 0.2) is 53.3 Å². The standard InChI is InChI=1S/C18H11FN8O3/c19-12-7-2-1-6-11(12)16-13-14(9-4-3-5-10(8-9)27(29)30)21-22-17(28)15(13)20-18-23-24-25-26(16)18/h1-8,16H,(H,22,28)(H,20,23,25)/t16-/m0/s1. The Hall–Kier alpha value is -4.48. The third-order valence-electron chi connectivity index (χ3n) is 4.80. The van der Waals surface area contributed by atoms with Gasteiger partial charge in [0.25, 0.3) is 11.2 Å². The number of non-ortho nitro benzene ring substituents is 1. The lowest BCUT2D eigenvalue weighted by Gasteiger charge is -2.27. The zero-order chi connectivity index (χ0) is 20.8. The van der Waals surface area contributed by atoms with Gasteiger partial charge in [0.1, 0.15) is 17.5 Å². The van der Waals surface area contributed by atoms with E-state index < -0.39 is 22.3 Å². The molecule has 0 radical (unpaired) electrons. The predicted octanol–water partition coefficient (Wildman–Crippen LogP) is 2.17. The van der Waals surface area contributed by atoms with Crippen molar-refractivity contribution < 1.29 is 9.31 Å². The second-order valence-corrected chi connectivity index (χ2v) is 6.49. The number of nitro benzene ring substituents is 1. The number of aromatic amines is 1. The van der Waals surface area contributed by atoms with E-state index >= 15 is 0 Å². The molecule has 2 N–H and O–H groups in total. The van der Waals surface area contributed by atoms with Crippen LogP contribution in [0.4, 0.5) is 21.7 Å². The van der Waals surface area contributed by atoms with E-state index in [1.165, 1.54) is 28.9 Å². The highest BCUT2D eigenvalue weighted by atomic mass is 19.1. The van der Waals surface area contributed by atoms with E-state index in [2.05, 4.69) is 31.0 Å². The summed E-state index contributed by atoms with van der Waals surface area (Å²) >= 11 is 0. The van der Waals surface area contributed by atoms with Crippen LogP contribution in [0.25, 0.3) is 11.3 Å². The molecule has 0 fully saturated rings. The Labute approximate surface area is 166 Å². The lowest BCUT2D eigenvalue weighted by atomic mass is 9.92. The number of benzene rings is 2. The molecule has 12 heteroatoms. The third kappa shape index (κ3) is 2.62. The molecule has 0 saturated heterocycles. The van der Waals surface area contributed by atoms with E-state index in [0.717, 1.165) is 0 Å². The van der Waals surface area contributed by atoms with Crippen LogP contribution in [0.2, 0.25) is 0 Å². The van der Waals surface area contributed by atoms with Crippen LogP contribution >= 0.6 is 0 Å². The number of hydrogen-bond donors (Lipinski definition) is 2. The van der Waals surface area contributed by atoms with Crippen molar-refractivity contribution in [3.05, 3.63) is 85.9 Å². The Balaban J connectivity index is 1.83. The van der Waals surface area contributed by atoms with E-state index in [1.54, 1.807) is 24.3 Å². The summed E-state index contributed by atoms with van der Waals surface area (Å²) in [5.41, 5.74) is 0.490. The summed E-state index contributed by atoms with van der Waals surface area (Å²) < 4.78 is 16.1. The summed E-state index contributed by atoms with van der Waals surface area (Å²) in [6.45, 7) is 0. The van der Waals surface area contributed by atoms with Gasteiger partial charge in [-0.1, -0.05) is 35.4 Å². The second-order valence-electron chi connectivity index (χ2n) is 6.49. The molecule has 0 bridgehead atoms. The molecule has 1 aliphatic rings. The first-order chi connectivity index (χ1) is 14.5. The van der Waals surface area contributed by atoms with Gasteiger partial charge >= 0.3 is 0 Å². The Morgan fingerprint density at radius 2 is 2.00 bits per heavy atom. The maximum Gasteiger partial charge on any atom is 0.288 e. The molecule has 30 heavy (non-hydrogen) atoms. The highest BCUT2D eigenvalue weighted by Gasteiger charge is 2.35. The summed E-state index contributed by atoms with van der Waals surface area (Å²) in [5.74, 6) is -0.375. The molecule has 3 heterocycles. The summed E-state index contributed by atoms with van der Waals surface area (Å²) in [6.07, 6.45) is 0. The Morgan fingerprint density at radius 3 is 2.80 bits per heavy atom. The molecule has 0 spiro atoms. The van der Waals surface area contributed by atoms with Gasteiger partial charge in [0.05, 0.1) is 10.6 Å². The zero-order valence-electron chi connectivity index (χ0n) is 15.0. The van der Waals surface area contributed by atoms with Crippen molar-refractivity contribution >= 4 is 17.3 Å². The SMILES string of the molecule is O=c1[nH]nc(-c2cccc([N+](=O)[O-])c2)c2c1Nc1nnnn1[C@H]2c1ccccc1F. The average molecular weight is 406 g/mol. The fraction of sp³-hybridized carbons (Fsp3) is 0.0556. The lowest BCUT2D eigenvalue weighted by Crippen LogP contribution is -2.29. The molecule has 4 aromatic rings. The van der Waals surface area contributed by atoms with Gasteiger partial charge < -0.3 is 5.32 Å². The lowest BCUT2D eigenvalue weighted by molar-refractivity contribution is -0.384. The van der Waals surface area contributed by atoms with E-state index in [1.807, 2.05) is 0 Å². The van der Waals surface area contributed by atoms with Gasteiger partial charge in [0.2, 0.25) is 5.95 Å². The monoisotopic (exact) mass is 406 g/mol. The summed E-state index contributed by atoms with van der Waals surface area (Å²) in [6, 6.07) is 10.9. The first kappa shape index (κ1) is 17.6. The van der Waals surface area contributed by atoms with Crippen molar-refractivity contribution in [2.75, 3.05) is 5.32 Å². The molecule has 11 nitrogen and oxygen atoms in total. The van der Waals surface area contributed by atoms with Gasteiger partial charge in [-0.25, -0.2) is 9.49 Å². The third-order valence-corrected chi connectivity index (χ3v) is 4.80. The normalized spacial score (nSPS) is 14.5. The number of H-pyrrole nitrogens is 1. The Kier molecular flexibility index (Phi) is 3.84. The molecule has 1 aliphatic heterocycles. The molecular weight excluding hydrogens is 395 g/mol. The van der Waals surface area contributed by atoms with Crippen molar-refractivity contribution in [1.82, 2.24) is 30.4 Å². The van der Waals surface area contributed by atoms with Crippen molar-refractivity contribution in [2.24, 2.45) is 0 Å². The number of rotatable bonds is 3. The maximum absolute atomic E-state index is 14.8. The number of hydrogen-bond acceptors (Lipinski definition) is 8. The van der Waals surface area contributed by atoms with Crippen molar-refractivity contribution in [3.63, 3.8) is 0 Å². The summed E-state index contributed by atoms with van der Waals surface area (Å²) in [4.78, 5) is 23.2. The summed E-state index contributed by atoms with van der Waals surface area (Å²) in [5, 5.41) is 32.0. The Morgan fingerprint density at radius 1 is 1.17 bits per heavy atom. The fourth-order valence-corrected chi connectivity index (χ4v) is 3.51. The largest absolute Gasteiger partial charge is 0.318 e. The number of nitro groups is 1. The van der Waals surface area contributed by atoms with Crippen LogP contribution in [0, 0.1) is 15.9 Å². The van der Waals surface area contributed by atoms with Crippen LogP contribution in [-0.4, -0.2) is 35.3 Å². The van der Waals surface area contributed by atoms with E-state index in [0.29, 0.717) is 11.1 Å². The second kappa shape index (κ2) is 6.55. The van der Waals surface area contributed by atoms with Crippen molar-refractivity contribution in [2.45, 2.75) is 6.04 Å². The molecule has 1 atom stereocenters. The number of nitrogens with one attached hydrogen (secondary N) is 2. The quantitative estimate of drug-likeness (QED) is 0.343. The number of halogens is 1. The molecule has 0 amide bonds. The van der Waals surface area contributed by atoms with E-state index in [9.17, 15) is 19.3 Å². The van der Waals surface area contributed by atoms with Gasteiger partial charge in [0.15, 0.2) is 0 Å². The number of nitrogens with zero attached hydrogens (tertiary/aromatic N) is 6. The molecule has 0 unspecified atom stereocenters. The minimum absolute atomic E-state index is 0.0852. The predicted molar refractivity (Wildman–Crippen MR) is 102 cm³/mol. The van der Waals surface area contributed by atoms with Crippen LogP contribution < -0.4 is 10.9 Å². The molecule has 0 aliphatic carbocycles. The van der Waals surface area contributed by atoms with E-state index in [4.69, 9.17) is 0 Å². The molecule has 2 aromatic heterocycles. The first-order valence-corrected chi connectivity index (χ1v) is 8.71. The van der Waals surface area contributed by atoms with Gasteiger partial charge in [-0.15, -0.1) is 0 Å². The zero-order valence-corrected chi connectivity index (χ0v) is 15.0. The number of aromatic nitrogens is 6. The number of tetrazole rings is 1. The minimum Gasteiger partial charge on any atom is -0.318 e. The molecule has 2 aromatic carbocycles.